The molecule has 3 aromatic carbocycles. The Hall–Kier alpha value is -2.91. The van der Waals surface area contributed by atoms with Gasteiger partial charge in [0, 0.05) is 11.3 Å². The van der Waals surface area contributed by atoms with Crippen molar-refractivity contribution >= 4 is 44.4 Å². The van der Waals surface area contributed by atoms with Gasteiger partial charge in [-0.15, -0.1) is 0 Å². The molecule has 9 heteroatoms. The zero-order chi connectivity index (χ0) is 22.5. The van der Waals surface area contributed by atoms with Gasteiger partial charge in [0.05, 0.1) is 39.4 Å². The number of carbonyl (C=O) groups excluding carboxylic acids is 1. The normalized spacial score (nSPS) is 17.5. The standard InChI is InChI=1S/C23H19ClN2O5S/c24-19-13-15(25)7-9-21(19)26-20-10-8-17(32(28,29)16-5-2-1-3-6-16)14-18(20)23(22(26)27)30-11-4-12-31-23/h1-3,5-10,13-14H,4,11-12,25H2. The first-order valence-corrected chi connectivity index (χ1v) is 11.8. The summed E-state index contributed by atoms with van der Waals surface area (Å²) < 4.78 is 38.2. The number of hydrogen-bond acceptors (Lipinski definition) is 6. The molecule has 0 aliphatic carbocycles. The molecule has 0 saturated carbocycles. The number of hydrogen-bond donors (Lipinski definition) is 1. The second-order valence-electron chi connectivity index (χ2n) is 7.51. The summed E-state index contributed by atoms with van der Waals surface area (Å²) in [4.78, 5) is 15.2. The summed E-state index contributed by atoms with van der Waals surface area (Å²) >= 11 is 6.40. The van der Waals surface area contributed by atoms with Crippen molar-refractivity contribution < 1.29 is 22.7 Å². The van der Waals surface area contributed by atoms with Crippen LogP contribution in [0.1, 0.15) is 12.0 Å². The Bertz CT molecular complexity index is 1320. The molecule has 5 rings (SSSR count). The van der Waals surface area contributed by atoms with Crippen molar-refractivity contribution in [1.82, 2.24) is 0 Å². The van der Waals surface area contributed by atoms with Crippen molar-refractivity contribution in [3.63, 3.8) is 0 Å². The van der Waals surface area contributed by atoms with Crippen LogP contribution in [0.5, 0.6) is 0 Å². The van der Waals surface area contributed by atoms with Crippen LogP contribution in [-0.2, 0) is 29.9 Å². The van der Waals surface area contributed by atoms with Crippen LogP contribution >= 0.6 is 11.6 Å². The molecule has 2 aliphatic heterocycles. The summed E-state index contributed by atoms with van der Waals surface area (Å²) in [5, 5.41) is 0.276. The van der Waals surface area contributed by atoms with Crippen LogP contribution in [0.25, 0.3) is 0 Å². The minimum atomic E-state index is -3.81. The van der Waals surface area contributed by atoms with Crippen molar-refractivity contribution in [3.05, 3.63) is 77.3 Å². The average Bonchev–Trinajstić information content (AvgIpc) is 3.02. The van der Waals surface area contributed by atoms with E-state index in [1.807, 2.05) is 0 Å². The van der Waals surface area contributed by atoms with Gasteiger partial charge in [0.25, 0.3) is 11.7 Å². The second kappa shape index (κ2) is 7.60. The summed E-state index contributed by atoms with van der Waals surface area (Å²) in [5.41, 5.74) is 7.43. The van der Waals surface area contributed by atoms with Crippen LogP contribution < -0.4 is 10.6 Å². The van der Waals surface area contributed by atoms with Crippen molar-refractivity contribution in [1.29, 1.82) is 0 Å². The fourth-order valence-electron chi connectivity index (χ4n) is 4.00. The molecule has 0 radical (unpaired) electrons. The molecule has 1 amide bonds. The lowest BCUT2D eigenvalue weighted by molar-refractivity contribution is -0.256. The number of nitrogen functional groups attached to an aromatic ring is 1. The summed E-state index contributed by atoms with van der Waals surface area (Å²) in [6.45, 7) is 0.592. The predicted octanol–water partition coefficient (Wildman–Crippen LogP) is 4.02. The van der Waals surface area contributed by atoms with Gasteiger partial charge in [-0.05, 0) is 55.0 Å². The number of carbonyl (C=O) groups is 1. The maximum absolute atomic E-state index is 13.6. The topological polar surface area (TPSA) is 98.9 Å². The van der Waals surface area contributed by atoms with Crippen LogP contribution in [0.2, 0.25) is 5.02 Å². The van der Waals surface area contributed by atoms with Crippen molar-refractivity contribution in [2.24, 2.45) is 0 Å². The highest BCUT2D eigenvalue weighted by Gasteiger charge is 2.56. The highest BCUT2D eigenvalue weighted by Crippen LogP contribution is 2.50. The van der Waals surface area contributed by atoms with Crippen LogP contribution in [0.15, 0.2) is 76.5 Å². The first-order valence-electron chi connectivity index (χ1n) is 9.97. The molecule has 3 aromatic rings. The number of rotatable bonds is 3. The Morgan fingerprint density at radius 2 is 1.59 bits per heavy atom. The fraction of sp³-hybridized carbons (Fsp3) is 0.174. The minimum Gasteiger partial charge on any atom is -0.399 e. The van der Waals surface area contributed by atoms with Crippen LogP contribution in [0.4, 0.5) is 17.1 Å². The van der Waals surface area contributed by atoms with Gasteiger partial charge in [-0.3, -0.25) is 9.69 Å². The summed E-state index contributed by atoms with van der Waals surface area (Å²) in [6, 6.07) is 17.4. The van der Waals surface area contributed by atoms with E-state index in [0.29, 0.717) is 42.3 Å². The Labute approximate surface area is 190 Å². The molecule has 2 aliphatic rings. The van der Waals surface area contributed by atoms with Crippen molar-refractivity contribution in [3.8, 4) is 0 Å². The maximum Gasteiger partial charge on any atom is 0.297 e. The number of fused-ring (bicyclic) bond motifs is 2. The molecule has 0 atom stereocenters. The fourth-order valence-corrected chi connectivity index (χ4v) is 5.58. The van der Waals surface area contributed by atoms with Gasteiger partial charge < -0.3 is 15.2 Å². The van der Waals surface area contributed by atoms with E-state index < -0.39 is 21.5 Å². The monoisotopic (exact) mass is 470 g/mol. The number of nitrogens with zero attached hydrogens (tertiary/aromatic N) is 1. The molecule has 164 valence electrons. The molecule has 0 unspecified atom stereocenters. The van der Waals surface area contributed by atoms with Crippen LogP contribution in [0.3, 0.4) is 0 Å². The number of halogens is 1. The minimum absolute atomic E-state index is 0.0395. The number of amides is 1. The Balaban J connectivity index is 1.71. The van der Waals surface area contributed by atoms with E-state index in [-0.39, 0.29) is 14.8 Å². The lowest BCUT2D eigenvalue weighted by atomic mass is 10.1. The molecule has 2 N–H and O–H groups in total. The molecule has 0 aromatic heterocycles. The van der Waals surface area contributed by atoms with Gasteiger partial charge in [0.15, 0.2) is 0 Å². The highest BCUT2D eigenvalue weighted by molar-refractivity contribution is 7.91. The van der Waals surface area contributed by atoms with Crippen molar-refractivity contribution in [2.45, 2.75) is 22.0 Å². The van der Waals surface area contributed by atoms with Gasteiger partial charge in [-0.1, -0.05) is 29.8 Å². The third-order valence-electron chi connectivity index (χ3n) is 5.52. The molecular formula is C23H19ClN2O5S. The number of anilines is 3. The first-order chi connectivity index (χ1) is 15.3. The molecule has 7 nitrogen and oxygen atoms in total. The van der Waals surface area contributed by atoms with Gasteiger partial charge >= 0.3 is 0 Å². The van der Waals surface area contributed by atoms with E-state index in [1.54, 1.807) is 42.5 Å². The molecular weight excluding hydrogens is 452 g/mol. The number of ether oxygens (including phenoxy) is 2. The zero-order valence-corrected chi connectivity index (χ0v) is 18.4. The number of sulfone groups is 1. The SMILES string of the molecule is Nc1ccc(N2C(=O)C3(OCCCO3)c3cc(S(=O)(=O)c4ccccc4)ccc32)c(Cl)c1. The molecule has 1 fully saturated rings. The molecule has 1 spiro atoms. The van der Waals surface area contributed by atoms with Gasteiger partial charge in [-0.2, -0.15) is 0 Å². The third kappa shape index (κ3) is 3.10. The van der Waals surface area contributed by atoms with E-state index in [4.69, 9.17) is 26.8 Å². The summed E-state index contributed by atoms with van der Waals surface area (Å²) in [5.74, 6) is -2.23. The van der Waals surface area contributed by atoms with E-state index in [1.165, 1.54) is 29.2 Å². The van der Waals surface area contributed by atoms with E-state index in [0.717, 1.165) is 0 Å². The van der Waals surface area contributed by atoms with Crippen LogP contribution in [0, 0.1) is 0 Å². The predicted molar refractivity (Wildman–Crippen MR) is 120 cm³/mol. The second-order valence-corrected chi connectivity index (χ2v) is 9.87. The molecule has 0 bridgehead atoms. The van der Waals surface area contributed by atoms with E-state index in [2.05, 4.69) is 0 Å². The Morgan fingerprint density at radius 1 is 0.906 bits per heavy atom. The van der Waals surface area contributed by atoms with Crippen molar-refractivity contribution in [2.75, 3.05) is 23.8 Å². The van der Waals surface area contributed by atoms with E-state index >= 15 is 0 Å². The number of nitrogens with two attached hydrogens (primary N) is 1. The van der Waals surface area contributed by atoms with E-state index in [9.17, 15) is 13.2 Å². The quantitative estimate of drug-likeness (QED) is 0.580. The lowest BCUT2D eigenvalue weighted by Gasteiger charge is -2.32. The third-order valence-corrected chi connectivity index (χ3v) is 7.59. The number of benzene rings is 3. The van der Waals surface area contributed by atoms with Gasteiger partial charge in [0.2, 0.25) is 9.84 Å². The average molecular weight is 471 g/mol. The first kappa shape index (κ1) is 21.0. The maximum atomic E-state index is 13.6. The molecule has 2 heterocycles. The Kier molecular flexibility index (Phi) is 4.98. The summed E-state index contributed by atoms with van der Waals surface area (Å²) in [6.07, 6.45) is 0.620. The highest BCUT2D eigenvalue weighted by atomic mass is 35.5. The smallest absolute Gasteiger partial charge is 0.297 e. The molecule has 32 heavy (non-hydrogen) atoms. The largest absolute Gasteiger partial charge is 0.399 e. The van der Waals surface area contributed by atoms with Crippen LogP contribution in [-0.4, -0.2) is 27.5 Å². The van der Waals surface area contributed by atoms with Gasteiger partial charge in [0.1, 0.15) is 0 Å². The van der Waals surface area contributed by atoms with Gasteiger partial charge in [-0.25, -0.2) is 8.42 Å². The lowest BCUT2D eigenvalue weighted by Crippen LogP contribution is -2.46. The zero-order valence-electron chi connectivity index (χ0n) is 16.8. The molecule has 1 saturated heterocycles. The Morgan fingerprint density at radius 3 is 2.28 bits per heavy atom. The summed E-state index contributed by atoms with van der Waals surface area (Å²) in [7, 11) is -3.81.